The highest BCUT2D eigenvalue weighted by molar-refractivity contribution is 7.86. The Balaban J connectivity index is 3.85. The van der Waals surface area contributed by atoms with Gasteiger partial charge in [-0.05, 0) is 13.3 Å². The van der Waals surface area contributed by atoms with Crippen LogP contribution in [0.4, 0.5) is 0 Å². The second-order valence-electron chi connectivity index (χ2n) is 2.79. The van der Waals surface area contributed by atoms with Crippen LogP contribution in [-0.2, 0) is 10.1 Å². The fraction of sp³-hybridized carbons (Fsp3) is 0.750. The van der Waals surface area contributed by atoms with Gasteiger partial charge in [0, 0.05) is 0 Å². The standard InChI is InChI=1S/C8H16O3S/c1-3-4-5-6-7-8(2)12(9,10)11/h6-8H,3-5H2,1-2H3,(H,9,10,11)/b7-6+. The molecule has 0 rings (SSSR count). The van der Waals surface area contributed by atoms with Crippen molar-refractivity contribution < 1.29 is 13.0 Å². The van der Waals surface area contributed by atoms with Crippen molar-refractivity contribution in [1.82, 2.24) is 0 Å². The summed E-state index contributed by atoms with van der Waals surface area (Å²) in [4.78, 5) is 0. The average Bonchev–Trinajstić information content (AvgIpc) is 1.96. The summed E-state index contributed by atoms with van der Waals surface area (Å²) in [5.74, 6) is 0. The molecule has 0 fully saturated rings. The molecular formula is C8H16O3S. The SMILES string of the molecule is CCCC/C=C/C(C)S(=O)(=O)O. The number of allylic oxidation sites excluding steroid dienone is 1. The highest BCUT2D eigenvalue weighted by Crippen LogP contribution is 2.02. The normalized spacial score (nSPS) is 15.2. The van der Waals surface area contributed by atoms with Gasteiger partial charge in [0.25, 0.3) is 10.1 Å². The Morgan fingerprint density at radius 3 is 2.50 bits per heavy atom. The Bertz CT molecular complexity index is 229. The Labute approximate surface area is 74.2 Å². The predicted molar refractivity (Wildman–Crippen MR) is 49.7 cm³/mol. The van der Waals surface area contributed by atoms with Crippen LogP contribution in [0.3, 0.4) is 0 Å². The highest BCUT2D eigenvalue weighted by atomic mass is 32.2. The molecule has 0 bridgehead atoms. The second kappa shape index (κ2) is 5.32. The van der Waals surface area contributed by atoms with Crippen LogP contribution >= 0.6 is 0 Å². The zero-order chi connectivity index (χ0) is 9.61. The van der Waals surface area contributed by atoms with Crippen molar-refractivity contribution in [3.63, 3.8) is 0 Å². The summed E-state index contributed by atoms with van der Waals surface area (Å²) in [5, 5.41) is -0.783. The Morgan fingerprint density at radius 1 is 1.50 bits per heavy atom. The third-order valence-electron chi connectivity index (χ3n) is 1.60. The number of hydrogen-bond acceptors (Lipinski definition) is 2. The summed E-state index contributed by atoms with van der Waals surface area (Å²) in [7, 11) is -3.88. The molecule has 0 spiro atoms. The topological polar surface area (TPSA) is 54.4 Å². The Kier molecular flexibility index (Phi) is 5.17. The van der Waals surface area contributed by atoms with Crippen molar-refractivity contribution in [3.8, 4) is 0 Å². The van der Waals surface area contributed by atoms with E-state index < -0.39 is 15.4 Å². The minimum absolute atomic E-state index is 0.783. The van der Waals surface area contributed by atoms with Crippen LogP contribution in [0.15, 0.2) is 12.2 Å². The van der Waals surface area contributed by atoms with Gasteiger partial charge in [-0.2, -0.15) is 8.42 Å². The van der Waals surface area contributed by atoms with Crippen LogP contribution in [-0.4, -0.2) is 18.2 Å². The van der Waals surface area contributed by atoms with Crippen molar-refractivity contribution in [2.75, 3.05) is 0 Å². The van der Waals surface area contributed by atoms with Crippen LogP contribution in [0.25, 0.3) is 0 Å². The third kappa shape index (κ3) is 5.32. The average molecular weight is 192 g/mol. The van der Waals surface area contributed by atoms with Gasteiger partial charge in [0.15, 0.2) is 0 Å². The van der Waals surface area contributed by atoms with Gasteiger partial charge in [-0.1, -0.05) is 31.9 Å². The summed E-state index contributed by atoms with van der Waals surface area (Å²) in [6.07, 6.45) is 6.32. The molecule has 0 radical (unpaired) electrons. The molecule has 12 heavy (non-hydrogen) atoms. The molecule has 0 aromatic rings. The molecule has 0 heterocycles. The zero-order valence-electron chi connectivity index (χ0n) is 7.53. The molecule has 0 aliphatic carbocycles. The molecule has 0 aromatic heterocycles. The van der Waals surface area contributed by atoms with E-state index in [2.05, 4.69) is 6.92 Å². The van der Waals surface area contributed by atoms with Crippen molar-refractivity contribution >= 4 is 10.1 Å². The van der Waals surface area contributed by atoms with Gasteiger partial charge in [-0.3, -0.25) is 4.55 Å². The monoisotopic (exact) mass is 192 g/mol. The molecule has 1 atom stereocenters. The van der Waals surface area contributed by atoms with Gasteiger partial charge in [0.2, 0.25) is 0 Å². The highest BCUT2D eigenvalue weighted by Gasteiger charge is 2.12. The van der Waals surface area contributed by atoms with Crippen LogP contribution in [0.1, 0.15) is 33.1 Å². The van der Waals surface area contributed by atoms with E-state index >= 15 is 0 Å². The molecule has 1 N–H and O–H groups in total. The first-order valence-electron chi connectivity index (χ1n) is 4.11. The molecule has 72 valence electrons. The van der Waals surface area contributed by atoms with Crippen LogP contribution < -0.4 is 0 Å². The van der Waals surface area contributed by atoms with E-state index in [-0.39, 0.29) is 0 Å². The second-order valence-corrected chi connectivity index (χ2v) is 4.56. The quantitative estimate of drug-likeness (QED) is 0.412. The first-order valence-corrected chi connectivity index (χ1v) is 5.61. The van der Waals surface area contributed by atoms with Crippen LogP contribution in [0.2, 0.25) is 0 Å². The van der Waals surface area contributed by atoms with Gasteiger partial charge in [0.1, 0.15) is 5.25 Å². The number of unbranched alkanes of at least 4 members (excludes halogenated alkanes) is 2. The lowest BCUT2D eigenvalue weighted by Gasteiger charge is -1.99. The first-order chi connectivity index (χ1) is 5.48. The van der Waals surface area contributed by atoms with E-state index in [4.69, 9.17) is 4.55 Å². The van der Waals surface area contributed by atoms with Gasteiger partial charge in [-0.15, -0.1) is 0 Å². The zero-order valence-corrected chi connectivity index (χ0v) is 8.34. The summed E-state index contributed by atoms with van der Waals surface area (Å²) in [5.41, 5.74) is 0. The Hall–Kier alpha value is -0.350. The van der Waals surface area contributed by atoms with Crippen molar-refractivity contribution in [3.05, 3.63) is 12.2 Å². The summed E-state index contributed by atoms with van der Waals surface area (Å²) >= 11 is 0. The number of hydrogen-bond donors (Lipinski definition) is 1. The van der Waals surface area contributed by atoms with Crippen LogP contribution in [0, 0.1) is 0 Å². The maximum Gasteiger partial charge on any atom is 0.271 e. The maximum atomic E-state index is 10.5. The Morgan fingerprint density at radius 2 is 2.08 bits per heavy atom. The molecule has 0 aliphatic rings. The lowest BCUT2D eigenvalue weighted by Crippen LogP contribution is -2.13. The first kappa shape index (κ1) is 11.6. The van der Waals surface area contributed by atoms with Crippen molar-refractivity contribution in [2.24, 2.45) is 0 Å². The van der Waals surface area contributed by atoms with Gasteiger partial charge in [-0.25, -0.2) is 0 Å². The van der Waals surface area contributed by atoms with Crippen molar-refractivity contribution in [2.45, 2.75) is 38.4 Å². The van der Waals surface area contributed by atoms with E-state index in [9.17, 15) is 8.42 Å². The smallest absolute Gasteiger partial charge is 0.271 e. The lowest BCUT2D eigenvalue weighted by molar-refractivity contribution is 0.477. The van der Waals surface area contributed by atoms with Gasteiger partial charge < -0.3 is 0 Å². The van der Waals surface area contributed by atoms with E-state index in [1.165, 1.54) is 13.0 Å². The van der Waals surface area contributed by atoms with E-state index in [0.29, 0.717) is 0 Å². The molecule has 3 nitrogen and oxygen atoms in total. The maximum absolute atomic E-state index is 10.5. The summed E-state index contributed by atoms with van der Waals surface area (Å²) in [6.45, 7) is 3.53. The molecule has 0 saturated carbocycles. The molecule has 0 aliphatic heterocycles. The summed E-state index contributed by atoms with van der Waals surface area (Å²) in [6, 6.07) is 0. The van der Waals surface area contributed by atoms with Gasteiger partial charge >= 0.3 is 0 Å². The lowest BCUT2D eigenvalue weighted by atomic mass is 10.2. The van der Waals surface area contributed by atoms with E-state index in [1.807, 2.05) is 0 Å². The largest absolute Gasteiger partial charge is 0.285 e. The molecule has 0 aromatic carbocycles. The number of rotatable bonds is 5. The molecule has 1 unspecified atom stereocenters. The molecule has 0 amide bonds. The van der Waals surface area contributed by atoms with Gasteiger partial charge in [0.05, 0.1) is 0 Å². The minimum atomic E-state index is -3.88. The fourth-order valence-electron chi connectivity index (χ4n) is 0.709. The van der Waals surface area contributed by atoms with E-state index in [0.717, 1.165) is 19.3 Å². The fourth-order valence-corrected chi connectivity index (χ4v) is 1.02. The summed E-state index contributed by atoms with van der Waals surface area (Å²) < 4.78 is 29.6. The van der Waals surface area contributed by atoms with Crippen LogP contribution in [0.5, 0.6) is 0 Å². The molecule has 0 saturated heterocycles. The predicted octanol–water partition coefficient (Wildman–Crippen LogP) is 2.01. The van der Waals surface area contributed by atoms with E-state index in [1.54, 1.807) is 6.08 Å². The minimum Gasteiger partial charge on any atom is -0.285 e. The molecule has 4 heteroatoms. The van der Waals surface area contributed by atoms with Crippen molar-refractivity contribution in [1.29, 1.82) is 0 Å². The third-order valence-corrected chi connectivity index (χ3v) is 2.70. The molecular weight excluding hydrogens is 176 g/mol.